The number of rotatable bonds is 3. The lowest BCUT2D eigenvalue weighted by Crippen LogP contribution is -2.16. The highest BCUT2D eigenvalue weighted by atomic mass is 32.1. The third-order valence-electron chi connectivity index (χ3n) is 5.19. The molecule has 0 bridgehead atoms. The largest absolute Gasteiger partial charge is 0.366 e. The molecule has 2 heterocycles. The average Bonchev–Trinajstić information content (AvgIpc) is 3.06. The van der Waals surface area contributed by atoms with Gasteiger partial charge in [-0.3, -0.25) is 4.79 Å². The minimum atomic E-state index is -0.309. The lowest BCUT2D eigenvalue weighted by atomic mass is 9.96. The number of carbonyl (C=O) groups is 1. The van der Waals surface area contributed by atoms with Crippen LogP contribution in [0.2, 0.25) is 0 Å². The van der Waals surface area contributed by atoms with E-state index in [1.807, 2.05) is 0 Å². The van der Waals surface area contributed by atoms with Crippen LogP contribution in [0.5, 0.6) is 0 Å². The molecule has 1 aliphatic rings. The minimum absolute atomic E-state index is 0.309. The van der Waals surface area contributed by atoms with Crippen molar-refractivity contribution in [2.45, 2.75) is 64.8 Å². The third-order valence-corrected chi connectivity index (χ3v) is 5.88. The lowest BCUT2D eigenvalue weighted by molar-refractivity contribution is 0.1000. The van der Waals surface area contributed by atoms with Gasteiger partial charge in [-0.05, 0) is 49.1 Å². The van der Waals surface area contributed by atoms with E-state index in [0.717, 1.165) is 16.8 Å². The van der Waals surface area contributed by atoms with Crippen molar-refractivity contribution < 1.29 is 4.79 Å². The zero-order chi connectivity index (χ0) is 16.4. The Kier molecular flexibility index (Phi) is 4.90. The molecule has 3 nitrogen and oxygen atoms in total. The predicted molar refractivity (Wildman–Crippen MR) is 97.1 cm³/mol. The molecule has 3 rings (SSSR count). The summed E-state index contributed by atoms with van der Waals surface area (Å²) in [7, 11) is 0. The van der Waals surface area contributed by atoms with Crippen molar-refractivity contribution in [1.29, 1.82) is 0 Å². The Bertz CT molecular complexity index is 677. The van der Waals surface area contributed by atoms with Crippen LogP contribution in [0.15, 0.2) is 16.8 Å². The Hall–Kier alpha value is -1.55. The maximum atomic E-state index is 12.1. The number of nitrogens with zero attached hydrogens (tertiary/aromatic N) is 1. The van der Waals surface area contributed by atoms with E-state index in [-0.39, 0.29) is 5.91 Å². The molecule has 0 radical (unpaired) electrons. The van der Waals surface area contributed by atoms with Gasteiger partial charge in [-0.2, -0.15) is 11.3 Å². The summed E-state index contributed by atoms with van der Waals surface area (Å²) in [4.78, 5) is 12.1. The number of hydrogen-bond acceptors (Lipinski definition) is 2. The SMILES string of the molecule is Cc1c(C(N)=O)c(-c2ccsc2)c(C)n1C1CCCCCCC1. The Labute approximate surface area is 142 Å². The standard InChI is InChI=1S/C19H26N2OS/c1-13-17(15-10-11-23-12-15)18(19(20)22)14(2)21(13)16-8-6-4-3-5-7-9-16/h10-12,16H,3-9H2,1-2H3,(H2,20,22). The third kappa shape index (κ3) is 3.09. The van der Waals surface area contributed by atoms with E-state index in [4.69, 9.17) is 5.73 Å². The molecule has 2 aromatic rings. The van der Waals surface area contributed by atoms with Crippen molar-refractivity contribution in [3.8, 4) is 11.1 Å². The number of amides is 1. The van der Waals surface area contributed by atoms with Crippen LogP contribution in [-0.2, 0) is 0 Å². The molecule has 1 saturated carbocycles. The summed E-state index contributed by atoms with van der Waals surface area (Å²) in [6.07, 6.45) is 8.99. The van der Waals surface area contributed by atoms with Crippen LogP contribution in [0.1, 0.15) is 72.7 Å². The quantitative estimate of drug-likeness (QED) is 0.824. The molecule has 1 amide bonds. The summed E-state index contributed by atoms with van der Waals surface area (Å²) in [5.74, 6) is -0.309. The van der Waals surface area contributed by atoms with E-state index in [1.54, 1.807) is 11.3 Å². The van der Waals surface area contributed by atoms with Crippen molar-refractivity contribution in [3.63, 3.8) is 0 Å². The summed E-state index contributed by atoms with van der Waals surface area (Å²) in [6.45, 7) is 4.20. The van der Waals surface area contributed by atoms with Gasteiger partial charge in [0.1, 0.15) is 0 Å². The van der Waals surface area contributed by atoms with Gasteiger partial charge in [0.25, 0.3) is 5.91 Å². The van der Waals surface area contributed by atoms with E-state index in [9.17, 15) is 4.79 Å². The lowest BCUT2D eigenvalue weighted by Gasteiger charge is -2.25. The van der Waals surface area contributed by atoms with Crippen molar-refractivity contribution in [2.24, 2.45) is 5.73 Å². The highest BCUT2D eigenvalue weighted by Gasteiger charge is 2.26. The maximum Gasteiger partial charge on any atom is 0.251 e. The molecule has 2 aromatic heterocycles. The van der Waals surface area contributed by atoms with Gasteiger partial charge in [-0.15, -0.1) is 0 Å². The fourth-order valence-electron chi connectivity index (χ4n) is 4.16. The van der Waals surface area contributed by atoms with Crippen molar-refractivity contribution >= 4 is 17.2 Å². The monoisotopic (exact) mass is 330 g/mol. The maximum absolute atomic E-state index is 12.1. The highest BCUT2D eigenvalue weighted by molar-refractivity contribution is 7.08. The number of carbonyl (C=O) groups excluding carboxylic acids is 1. The molecule has 0 spiro atoms. The number of nitrogens with two attached hydrogens (primary N) is 1. The highest BCUT2D eigenvalue weighted by Crippen LogP contribution is 2.38. The predicted octanol–water partition coefficient (Wildman–Crippen LogP) is 5.22. The van der Waals surface area contributed by atoms with Crippen LogP contribution in [0.25, 0.3) is 11.1 Å². The first-order valence-electron chi connectivity index (χ1n) is 8.65. The van der Waals surface area contributed by atoms with Gasteiger partial charge in [0, 0.05) is 23.0 Å². The molecule has 0 atom stereocenters. The van der Waals surface area contributed by atoms with Crippen LogP contribution in [0, 0.1) is 13.8 Å². The van der Waals surface area contributed by atoms with Gasteiger partial charge in [0.2, 0.25) is 0 Å². The molecule has 1 fully saturated rings. The van der Waals surface area contributed by atoms with E-state index < -0.39 is 0 Å². The van der Waals surface area contributed by atoms with Crippen molar-refractivity contribution in [3.05, 3.63) is 33.8 Å². The Morgan fingerprint density at radius 3 is 2.35 bits per heavy atom. The Morgan fingerprint density at radius 1 is 1.13 bits per heavy atom. The summed E-state index contributed by atoms with van der Waals surface area (Å²) in [6, 6.07) is 2.59. The summed E-state index contributed by atoms with van der Waals surface area (Å²) < 4.78 is 2.40. The first-order chi connectivity index (χ1) is 11.1. The molecule has 0 aliphatic heterocycles. The first kappa shape index (κ1) is 16.3. The van der Waals surface area contributed by atoms with E-state index in [0.29, 0.717) is 11.6 Å². The van der Waals surface area contributed by atoms with Crippen molar-refractivity contribution in [1.82, 2.24) is 4.57 Å². The minimum Gasteiger partial charge on any atom is -0.366 e. The zero-order valence-corrected chi connectivity index (χ0v) is 14.9. The molecule has 2 N–H and O–H groups in total. The van der Waals surface area contributed by atoms with Crippen LogP contribution < -0.4 is 5.73 Å². The Morgan fingerprint density at radius 2 is 1.78 bits per heavy atom. The zero-order valence-electron chi connectivity index (χ0n) is 14.1. The first-order valence-corrected chi connectivity index (χ1v) is 9.59. The van der Waals surface area contributed by atoms with Gasteiger partial charge in [0.05, 0.1) is 5.56 Å². The summed E-state index contributed by atoms with van der Waals surface area (Å²) in [5, 5.41) is 4.17. The van der Waals surface area contributed by atoms with E-state index in [1.165, 1.54) is 50.6 Å². The topological polar surface area (TPSA) is 48.0 Å². The Balaban J connectivity index is 2.10. The average molecular weight is 330 g/mol. The fraction of sp³-hybridized carbons (Fsp3) is 0.526. The molecule has 4 heteroatoms. The van der Waals surface area contributed by atoms with Gasteiger partial charge in [0.15, 0.2) is 0 Å². The van der Waals surface area contributed by atoms with E-state index in [2.05, 4.69) is 35.2 Å². The number of primary amides is 1. The second-order valence-electron chi connectivity index (χ2n) is 6.67. The molecule has 0 unspecified atom stereocenters. The second-order valence-corrected chi connectivity index (χ2v) is 7.45. The van der Waals surface area contributed by atoms with Crippen LogP contribution in [-0.4, -0.2) is 10.5 Å². The summed E-state index contributed by atoms with van der Waals surface area (Å²) in [5.41, 5.74) is 10.8. The molecular formula is C19H26N2OS. The van der Waals surface area contributed by atoms with Crippen LogP contribution in [0.4, 0.5) is 0 Å². The number of hydrogen-bond donors (Lipinski definition) is 1. The molecule has 1 aliphatic carbocycles. The van der Waals surface area contributed by atoms with E-state index >= 15 is 0 Å². The molecule has 124 valence electrons. The molecular weight excluding hydrogens is 304 g/mol. The molecule has 0 aromatic carbocycles. The number of aromatic nitrogens is 1. The van der Waals surface area contributed by atoms with Gasteiger partial charge < -0.3 is 10.3 Å². The van der Waals surface area contributed by atoms with Gasteiger partial charge in [-0.1, -0.05) is 32.1 Å². The van der Waals surface area contributed by atoms with Gasteiger partial charge in [-0.25, -0.2) is 0 Å². The smallest absolute Gasteiger partial charge is 0.251 e. The molecule has 23 heavy (non-hydrogen) atoms. The van der Waals surface area contributed by atoms with Crippen molar-refractivity contribution in [2.75, 3.05) is 0 Å². The van der Waals surface area contributed by atoms with Gasteiger partial charge >= 0.3 is 0 Å². The van der Waals surface area contributed by atoms with Crippen LogP contribution in [0.3, 0.4) is 0 Å². The number of thiophene rings is 1. The van der Waals surface area contributed by atoms with Crippen LogP contribution >= 0.6 is 11.3 Å². The second kappa shape index (κ2) is 6.91. The fourth-order valence-corrected chi connectivity index (χ4v) is 4.80. The summed E-state index contributed by atoms with van der Waals surface area (Å²) >= 11 is 1.66. The normalized spacial score (nSPS) is 17.0. The molecule has 0 saturated heterocycles.